The van der Waals surface area contributed by atoms with Crippen LogP contribution < -0.4 is 10.2 Å². The van der Waals surface area contributed by atoms with Crippen LogP contribution in [-0.2, 0) is 0 Å². The van der Waals surface area contributed by atoms with Gasteiger partial charge in [0.05, 0.1) is 23.0 Å². The number of hydrogen-bond donors (Lipinski definition) is 1. The van der Waals surface area contributed by atoms with E-state index in [1.54, 1.807) is 48.5 Å². The maximum absolute atomic E-state index is 13.6. The molecule has 1 heterocycles. The minimum atomic E-state index is -0.729. The molecule has 0 aliphatic heterocycles. The number of rotatable bonds is 5. The van der Waals surface area contributed by atoms with Gasteiger partial charge in [0.1, 0.15) is 5.75 Å². The standard InChI is InChI=1S/C18H11Cl2FN4O2/c19-14-4-2-1-3-13(14)16(26)25-23-9-11-5-7-12(8-6-11)27-17-15(21)10-22-18(20)24-17/h1-10H,(H,25,26). The van der Waals surface area contributed by atoms with Crippen LogP contribution in [0, 0.1) is 5.82 Å². The van der Waals surface area contributed by atoms with E-state index in [1.807, 2.05) is 0 Å². The summed E-state index contributed by atoms with van der Waals surface area (Å²) in [6.07, 6.45) is 2.37. The summed E-state index contributed by atoms with van der Waals surface area (Å²) in [6.45, 7) is 0. The summed E-state index contributed by atoms with van der Waals surface area (Å²) in [7, 11) is 0. The number of carbonyl (C=O) groups is 1. The molecule has 0 atom stereocenters. The second kappa shape index (κ2) is 8.57. The molecule has 2 aromatic carbocycles. The van der Waals surface area contributed by atoms with Crippen molar-refractivity contribution in [1.82, 2.24) is 15.4 Å². The van der Waals surface area contributed by atoms with Crippen molar-refractivity contribution in [2.75, 3.05) is 0 Å². The van der Waals surface area contributed by atoms with E-state index >= 15 is 0 Å². The Bertz CT molecular complexity index is 997. The van der Waals surface area contributed by atoms with E-state index in [0.717, 1.165) is 6.20 Å². The van der Waals surface area contributed by atoms with Crippen LogP contribution in [0.2, 0.25) is 10.3 Å². The predicted octanol–water partition coefficient (Wildman–Crippen LogP) is 4.48. The molecular formula is C18H11Cl2FN4O2. The van der Waals surface area contributed by atoms with Gasteiger partial charge in [-0.2, -0.15) is 14.5 Å². The molecule has 0 saturated carbocycles. The molecule has 3 aromatic rings. The molecule has 0 spiro atoms. The smallest absolute Gasteiger partial charge is 0.272 e. The number of carbonyl (C=O) groups excluding carboxylic acids is 1. The van der Waals surface area contributed by atoms with Crippen molar-refractivity contribution in [1.29, 1.82) is 0 Å². The van der Waals surface area contributed by atoms with Crippen LogP contribution in [0.25, 0.3) is 0 Å². The van der Waals surface area contributed by atoms with Gasteiger partial charge < -0.3 is 4.74 Å². The van der Waals surface area contributed by atoms with E-state index in [2.05, 4.69) is 20.5 Å². The van der Waals surface area contributed by atoms with Crippen LogP contribution in [0.3, 0.4) is 0 Å². The Morgan fingerprint density at radius 3 is 2.63 bits per heavy atom. The highest BCUT2D eigenvalue weighted by Crippen LogP contribution is 2.23. The Labute approximate surface area is 163 Å². The molecule has 0 saturated heterocycles. The van der Waals surface area contributed by atoms with E-state index < -0.39 is 11.7 Å². The predicted molar refractivity (Wildman–Crippen MR) is 100 cm³/mol. The topological polar surface area (TPSA) is 76.5 Å². The number of nitrogens with one attached hydrogen (secondary N) is 1. The van der Waals surface area contributed by atoms with E-state index in [1.165, 1.54) is 6.21 Å². The summed E-state index contributed by atoms with van der Waals surface area (Å²) in [5, 5.41) is 4.09. The third kappa shape index (κ3) is 4.99. The average Bonchev–Trinajstić information content (AvgIpc) is 2.66. The Morgan fingerprint density at radius 1 is 1.15 bits per heavy atom. The molecule has 0 radical (unpaired) electrons. The van der Waals surface area contributed by atoms with Gasteiger partial charge >= 0.3 is 0 Å². The van der Waals surface area contributed by atoms with Crippen molar-refractivity contribution in [2.24, 2.45) is 5.10 Å². The van der Waals surface area contributed by atoms with Crippen LogP contribution in [0.1, 0.15) is 15.9 Å². The molecule has 3 rings (SSSR count). The first kappa shape index (κ1) is 18.8. The highest BCUT2D eigenvalue weighted by Gasteiger charge is 2.09. The lowest BCUT2D eigenvalue weighted by Gasteiger charge is -2.05. The molecule has 27 heavy (non-hydrogen) atoms. The number of benzene rings is 2. The molecule has 6 nitrogen and oxygen atoms in total. The number of nitrogens with zero attached hydrogens (tertiary/aromatic N) is 3. The zero-order valence-corrected chi connectivity index (χ0v) is 15.1. The van der Waals surface area contributed by atoms with Crippen molar-refractivity contribution in [3.63, 3.8) is 0 Å². The molecule has 1 aromatic heterocycles. The Hall–Kier alpha value is -3.03. The SMILES string of the molecule is O=C(NN=Cc1ccc(Oc2nc(Cl)ncc2F)cc1)c1ccccc1Cl. The molecule has 0 aliphatic rings. The number of halogens is 3. The van der Waals surface area contributed by atoms with Crippen molar-refractivity contribution >= 4 is 35.3 Å². The van der Waals surface area contributed by atoms with Gasteiger partial charge in [-0.05, 0) is 53.6 Å². The Morgan fingerprint density at radius 2 is 1.89 bits per heavy atom. The number of hydrazone groups is 1. The molecule has 0 unspecified atom stereocenters. The van der Waals surface area contributed by atoms with E-state index in [-0.39, 0.29) is 11.2 Å². The fraction of sp³-hybridized carbons (Fsp3) is 0. The molecule has 1 N–H and O–H groups in total. The van der Waals surface area contributed by atoms with Crippen LogP contribution in [-0.4, -0.2) is 22.1 Å². The number of ether oxygens (including phenoxy) is 1. The van der Waals surface area contributed by atoms with Crippen LogP contribution in [0.5, 0.6) is 11.6 Å². The summed E-state index contributed by atoms with van der Waals surface area (Å²) in [5.41, 5.74) is 3.40. The normalized spacial score (nSPS) is 10.8. The van der Waals surface area contributed by atoms with Gasteiger partial charge in [0.15, 0.2) is 0 Å². The molecule has 1 amide bonds. The minimum absolute atomic E-state index is 0.121. The van der Waals surface area contributed by atoms with Crippen LogP contribution in [0.15, 0.2) is 59.8 Å². The maximum atomic E-state index is 13.6. The first-order valence-electron chi connectivity index (χ1n) is 7.57. The third-order valence-electron chi connectivity index (χ3n) is 3.28. The highest BCUT2D eigenvalue weighted by atomic mass is 35.5. The zero-order valence-electron chi connectivity index (χ0n) is 13.6. The van der Waals surface area contributed by atoms with Crippen molar-refractivity contribution in [2.45, 2.75) is 0 Å². The van der Waals surface area contributed by atoms with E-state index in [9.17, 15) is 9.18 Å². The molecule has 136 valence electrons. The van der Waals surface area contributed by atoms with E-state index in [0.29, 0.717) is 21.9 Å². The van der Waals surface area contributed by atoms with Gasteiger partial charge in [-0.15, -0.1) is 0 Å². The second-order valence-electron chi connectivity index (χ2n) is 5.14. The summed E-state index contributed by atoms with van der Waals surface area (Å²) in [5.74, 6) is -1.08. The van der Waals surface area contributed by atoms with Crippen molar-refractivity contribution in [3.05, 3.63) is 82.0 Å². The number of aromatic nitrogens is 2. The van der Waals surface area contributed by atoms with Crippen LogP contribution >= 0.6 is 23.2 Å². The van der Waals surface area contributed by atoms with E-state index in [4.69, 9.17) is 27.9 Å². The summed E-state index contributed by atoms with van der Waals surface area (Å²) < 4.78 is 18.9. The number of hydrogen-bond acceptors (Lipinski definition) is 5. The summed E-state index contributed by atoms with van der Waals surface area (Å²) >= 11 is 11.6. The zero-order chi connectivity index (χ0) is 19.2. The van der Waals surface area contributed by atoms with Crippen molar-refractivity contribution in [3.8, 4) is 11.6 Å². The Kier molecular flexibility index (Phi) is 5.95. The van der Waals surface area contributed by atoms with Gasteiger partial charge in [0, 0.05) is 0 Å². The third-order valence-corrected chi connectivity index (χ3v) is 3.79. The average molecular weight is 405 g/mol. The van der Waals surface area contributed by atoms with Gasteiger partial charge in [0.2, 0.25) is 11.1 Å². The van der Waals surface area contributed by atoms with Gasteiger partial charge in [-0.1, -0.05) is 23.7 Å². The minimum Gasteiger partial charge on any atom is -0.436 e. The molecule has 0 fully saturated rings. The fourth-order valence-electron chi connectivity index (χ4n) is 2.01. The molecule has 0 aliphatic carbocycles. The highest BCUT2D eigenvalue weighted by molar-refractivity contribution is 6.33. The van der Waals surface area contributed by atoms with Gasteiger partial charge in [-0.25, -0.2) is 10.4 Å². The lowest BCUT2D eigenvalue weighted by Crippen LogP contribution is -2.17. The first-order chi connectivity index (χ1) is 13.0. The molecular weight excluding hydrogens is 394 g/mol. The summed E-state index contributed by atoms with van der Waals surface area (Å²) in [4.78, 5) is 19.2. The van der Waals surface area contributed by atoms with Crippen molar-refractivity contribution < 1.29 is 13.9 Å². The first-order valence-corrected chi connectivity index (χ1v) is 8.32. The molecule has 0 bridgehead atoms. The van der Waals surface area contributed by atoms with Gasteiger partial charge in [-0.3, -0.25) is 4.79 Å². The van der Waals surface area contributed by atoms with Gasteiger partial charge in [0.25, 0.3) is 11.8 Å². The lowest BCUT2D eigenvalue weighted by atomic mass is 10.2. The maximum Gasteiger partial charge on any atom is 0.272 e. The largest absolute Gasteiger partial charge is 0.436 e. The molecule has 9 heteroatoms. The lowest BCUT2D eigenvalue weighted by molar-refractivity contribution is 0.0955. The summed E-state index contributed by atoms with van der Waals surface area (Å²) in [6, 6.07) is 13.2. The van der Waals surface area contributed by atoms with Crippen LogP contribution in [0.4, 0.5) is 4.39 Å². The quantitative estimate of drug-likeness (QED) is 0.386. The number of amides is 1. The second-order valence-corrected chi connectivity index (χ2v) is 5.89. The Balaban J connectivity index is 1.62. The fourth-order valence-corrected chi connectivity index (χ4v) is 2.35. The monoisotopic (exact) mass is 404 g/mol.